The van der Waals surface area contributed by atoms with E-state index >= 15 is 0 Å². The molecule has 0 unspecified atom stereocenters. The molecule has 0 saturated heterocycles. The van der Waals surface area contributed by atoms with Crippen molar-refractivity contribution >= 4 is 29.3 Å². The molecule has 7 heteroatoms. The number of carbonyl (C=O) groups excluding carboxylic acids is 1. The predicted octanol–water partition coefficient (Wildman–Crippen LogP) is 4.06. The van der Waals surface area contributed by atoms with Crippen molar-refractivity contribution in [1.29, 1.82) is 0 Å². The van der Waals surface area contributed by atoms with E-state index in [9.17, 15) is 19.3 Å². The van der Waals surface area contributed by atoms with Gasteiger partial charge in [0.05, 0.1) is 10.5 Å². The maximum atomic E-state index is 13.8. The van der Waals surface area contributed by atoms with E-state index in [1.807, 2.05) is 0 Å². The van der Waals surface area contributed by atoms with E-state index in [0.29, 0.717) is 5.56 Å². The van der Waals surface area contributed by atoms with Gasteiger partial charge in [0.1, 0.15) is 5.82 Å². The molecule has 124 valence electrons. The first kappa shape index (κ1) is 17.6. The first-order chi connectivity index (χ1) is 11.4. The number of nitro groups is 1. The average molecular weight is 349 g/mol. The molecule has 0 fully saturated rings. The molecule has 2 rings (SSSR count). The molecule has 0 aliphatic carbocycles. The molecule has 0 aromatic heterocycles. The van der Waals surface area contributed by atoms with Crippen LogP contribution in [0.3, 0.4) is 0 Å². The highest BCUT2D eigenvalue weighted by Gasteiger charge is 2.14. The number of rotatable bonds is 5. The van der Waals surface area contributed by atoms with Gasteiger partial charge in [-0.3, -0.25) is 14.9 Å². The molecule has 0 radical (unpaired) electrons. The molecule has 2 aromatic rings. The average Bonchev–Trinajstić information content (AvgIpc) is 2.56. The fraction of sp³-hybridized carbons (Fsp3) is 0.118. The van der Waals surface area contributed by atoms with Gasteiger partial charge < -0.3 is 4.90 Å². The number of para-hydroxylation sites is 1. The lowest BCUT2D eigenvalue weighted by Gasteiger charge is -2.16. The number of likely N-dealkylation sites (N-methyl/N-ethyl adjacent to an activating group) is 1. The fourth-order valence-corrected chi connectivity index (χ4v) is 2.30. The van der Waals surface area contributed by atoms with Gasteiger partial charge in [0.25, 0.3) is 5.69 Å². The fourth-order valence-electron chi connectivity index (χ4n) is 2.08. The molecule has 1 amide bonds. The van der Waals surface area contributed by atoms with Crippen molar-refractivity contribution in [3.63, 3.8) is 0 Å². The Morgan fingerprint density at radius 1 is 1.29 bits per heavy atom. The van der Waals surface area contributed by atoms with Gasteiger partial charge in [-0.2, -0.15) is 0 Å². The summed E-state index contributed by atoms with van der Waals surface area (Å²) in [6, 6.07) is 10.4. The number of nitrogens with zero attached hydrogens (tertiary/aromatic N) is 2. The first-order valence-corrected chi connectivity index (χ1v) is 7.37. The monoisotopic (exact) mass is 348 g/mol. The topological polar surface area (TPSA) is 63.5 Å². The van der Waals surface area contributed by atoms with Crippen molar-refractivity contribution in [2.45, 2.75) is 6.54 Å². The Morgan fingerprint density at radius 3 is 2.67 bits per heavy atom. The number of amides is 1. The van der Waals surface area contributed by atoms with Gasteiger partial charge in [-0.05, 0) is 24.3 Å². The summed E-state index contributed by atoms with van der Waals surface area (Å²) in [5, 5.41) is 11.2. The molecule has 0 spiro atoms. The van der Waals surface area contributed by atoms with E-state index in [2.05, 4.69) is 0 Å². The Morgan fingerprint density at radius 2 is 2.00 bits per heavy atom. The van der Waals surface area contributed by atoms with Gasteiger partial charge in [-0.25, -0.2) is 4.39 Å². The van der Waals surface area contributed by atoms with Crippen LogP contribution in [0.5, 0.6) is 0 Å². The van der Waals surface area contributed by atoms with Crippen LogP contribution in [-0.4, -0.2) is 22.8 Å². The molecular weight excluding hydrogens is 335 g/mol. The third-order valence-corrected chi connectivity index (χ3v) is 3.73. The Bertz CT molecular complexity index is 788. The molecule has 0 aliphatic rings. The molecule has 5 nitrogen and oxygen atoms in total. The van der Waals surface area contributed by atoms with Gasteiger partial charge in [0, 0.05) is 36.3 Å². The summed E-state index contributed by atoms with van der Waals surface area (Å²) < 4.78 is 13.8. The van der Waals surface area contributed by atoms with Crippen molar-refractivity contribution in [1.82, 2.24) is 4.90 Å². The van der Waals surface area contributed by atoms with Crippen LogP contribution in [0.1, 0.15) is 11.1 Å². The standard InChI is InChI=1S/C17H14ClFN2O3/c1-20(11-13-14(18)6-4-7-15(13)19)17(22)10-9-12-5-2-3-8-16(12)21(23)24/h2-10H,11H2,1H3. The Balaban J connectivity index is 2.14. The number of carbonyl (C=O) groups is 1. The lowest BCUT2D eigenvalue weighted by atomic mass is 10.1. The summed E-state index contributed by atoms with van der Waals surface area (Å²) in [5.74, 6) is -0.919. The summed E-state index contributed by atoms with van der Waals surface area (Å²) in [6.07, 6.45) is 2.57. The third-order valence-electron chi connectivity index (χ3n) is 3.37. The molecule has 0 heterocycles. The molecule has 0 aliphatic heterocycles. The van der Waals surface area contributed by atoms with E-state index in [-0.39, 0.29) is 22.8 Å². The normalized spacial score (nSPS) is 10.8. The van der Waals surface area contributed by atoms with E-state index in [1.165, 1.54) is 48.4 Å². The number of benzene rings is 2. The minimum atomic E-state index is -0.521. The maximum Gasteiger partial charge on any atom is 0.276 e. The van der Waals surface area contributed by atoms with Crippen LogP contribution in [0.25, 0.3) is 6.08 Å². The minimum Gasteiger partial charge on any atom is -0.338 e. The quantitative estimate of drug-likeness (QED) is 0.465. The van der Waals surface area contributed by atoms with Crippen LogP contribution in [-0.2, 0) is 11.3 Å². The van der Waals surface area contributed by atoms with Crippen LogP contribution < -0.4 is 0 Å². The number of nitro benzene ring substituents is 1. The van der Waals surface area contributed by atoms with Crippen LogP contribution in [0.15, 0.2) is 48.5 Å². The van der Waals surface area contributed by atoms with Crippen molar-refractivity contribution in [3.8, 4) is 0 Å². The largest absolute Gasteiger partial charge is 0.338 e. The minimum absolute atomic E-state index is 0.00837. The van der Waals surface area contributed by atoms with Crippen molar-refractivity contribution in [3.05, 3.63) is 80.6 Å². The molecule has 0 N–H and O–H groups in total. The van der Waals surface area contributed by atoms with Crippen LogP contribution >= 0.6 is 11.6 Å². The molecular formula is C17H14ClFN2O3. The van der Waals surface area contributed by atoms with Crippen LogP contribution in [0, 0.1) is 15.9 Å². The highest BCUT2D eigenvalue weighted by atomic mass is 35.5. The van der Waals surface area contributed by atoms with Gasteiger partial charge in [0.15, 0.2) is 0 Å². The van der Waals surface area contributed by atoms with E-state index in [1.54, 1.807) is 18.2 Å². The summed E-state index contributed by atoms with van der Waals surface area (Å²) >= 11 is 5.94. The maximum absolute atomic E-state index is 13.8. The first-order valence-electron chi connectivity index (χ1n) is 6.99. The Kier molecular flexibility index (Phi) is 5.65. The van der Waals surface area contributed by atoms with Gasteiger partial charge in [-0.15, -0.1) is 0 Å². The summed E-state index contributed by atoms with van der Waals surface area (Å²) in [6.45, 7) is -0.00837. The zero-order valence-corrected chi connectivity index (χ0v) is 13.5. The molecule has 0 atom stereocenters. The number of hydrogen-bond acceptors (Lipinski definition) is 3. The summed E-state index contributed by atoms with van der Waals surface area (Å²) in [5.41, 5.74) is 0.434. The lowest BCUT2D eigenvalue weighted by Crippen LogP contribution is -2.24. The Hall–Kier alpha value is -2.73. The highest BCUT2D eigenvalue weighted by molar-refractivity contribution is 6.31. The molecule has 0 bridgehead atoms. The van der Waals surface area contributed by atoms with Crippen molar-refractivity contribution in [2.75, 3.05) is 7.05 Å². The van der Waals surface area contributed by atoms with Crippen molar-refractivity contribution < 1.29 is 14.1 Å². The Labute approximate surface area is 143 Å². The van der Waals surface area contributed by atoms with Crippen LogP contribution in [0.2, 0.25) is 5.02 Å². The molecule has 2 aromatic carbocycles. The predicted molar refractivity (Wildman–Crippen MR) is 90.0 cm³/mol. The summed E-state index contributed by atoms with van der Waals surface area (Å²) in [4.78, 5) is 23.8. The van der Waals surface area contributed by atoms with E-state index in [4.69, 9.17) is 11.6 Å². The van der Waals surface area contributed by atoms with Gasteiger partial charge in [0.2, 0.25) is 5.91 Å². The number of halogens is 2. The molecule has 0 saturated carbocycles. The molecule has 24 heavy (non-hydrogen) atoms. The second-order valence-electron chi connectivity index (χ2n) is 5.04. The smallest absolute Gasteiger partial charge is 0.276 e. The van der Waals surface area contributed by atoms with Gasteiger partial charge >= 0.3 is 0 Å². The third kappa shape index (κ3) is 4.17. The summed E-state index contributed by atoms with van der Waals surface area (Å²) in [7, 11) is 1.49. The second kappa shape index (κ2) is 7.70. The van der Waals surface area contributed by atoms with Crippen LogP contribution in [0.4, 0.5) is 10.1 Å². The SMILES string of the molecule is CN(Cc1c(F)cccc1Cl)C(=O)C=Cc1ccccc1[N+](=O)[O-]. The van der Waals surface area contributed by atoms with E-state index in [0.717, 1.165) is 0 Å². The number of hydrogen-bond donors (Lipinski definition) is 0. The lowest BCUT2D eigenvalue weighted by molar-refractivity contribution is -0.385. The zero-order chi connectivity index (χ0) is 17.7. The van der Waals surface area contributed by atoms with Crippen molar-refractivity contribution in [2.24, 2.45) is 0 Å². The zero-order valence-electron chi connectivity index (χ0n) is 12.8. The highest BCUT2D eigenvalue weighted by Crippen LogP contribution is 2.21. The van der Waals surface area contributed by atoms with Gasteiger partial charge in [-0.1, -0.05) is 29.8 Å². The van der Waals surface area contributed by atoms with E-state index < -0.39 is 16.6 Å². The second-order valence-corrected chi connectivity index (χ2v) is 5.45.